The second-order valence-electron chi connectivity index (χ2n) is 7.40. The highest BCUT2D eigenvalue weighted by atomic mass is 16.5. The molecule has 2 atom stereocenters. The zero-order valence-electron chi connectivity index (χ0n) is 17.0. The van der Waals surface area contributed by atoms with Crippen LogP contribution in [-0.2, 0) is 11.2 Å². The Bertz CT molecular complexity index is 1000. The van der Waals surface area contributed by atoms with Gasteiger partial charge in [-0.15, -0.1) is 10.2 Å². The lowest BCUT2D eigenvalue weighted by molar-refractivity contribution is -0.134. The van der Waals surface area contributed by atoms with E-state index >= 15 is 0 Å². The summed E-state index contributed by atoms with van der Waals surface area (Å²) in [5.41, 5.74) is 3.42. The molecule has 3 aromatic rings. The van der Waals surface area contributed by atoms with E-state index in [0.29, 0.717) is 24.7 Å². The summed E-state index contributed by atoms with van der Waals surface area (Å²) < 4.78 is 11.0. The molecule has 0 saturated carbocycles. The molecule has 0 aliphatic carbocycles. The Kier molecular flexibility index (Phi) is 5.34. The van der Waals surface area contributed by atoms with E-state index in [0.717, 1.165) is 17.7 Å². The SMILES string of the molecule is COc1ccc2c(c1)CCN(C(=O)CC(c1ccccc1)c1nnc(C)o1)C2C. The second-order valence-corrected chi connectivity index (χ2v) is 7.40. The van der Waals surface area contributed by atoms with Crippen molar-refractivity contribution >= 4 is 5.91 Å². The molecule has 1 aromatic heterocycles. The first-order valence-electron chi connectivity index (χ1n) is 9.88. The molecule has 6 heteroatoms. The molecule has 4 rings (SSSR count). The third-order valence-electron chi connectivity index (χ3n) is 5.63. The Balaban J connectivity index is 1.58. The summed E-state index contributed by atoms with van der Waals surface area (Å²) in [4.78, 5) is 15.3. The summed E-state index contributed by atoms with van der Waals surface area (Å²) in [6.07, 6.45) is 1.11. The van der Waals surface area contributed by atoms with Crippen LogP contribution >= 0.6 is 0 Å². The van der Waals surface area contributed by atoms with Crippen molar-refractivity contribution in [1.82, 2.24) is 15.1 Å². The van der Waals surface area contributed by atoms with Crippen LogP contribution < -0.4 is 4.74 Å². The molecule has 1 amide bonds. The van der Waals surface area contributed by atoms with Crippen molar-refractivity contribution in [1.29, 1.82) is 0 Å². The monoisotopic (exact) mass is 391 g/mol. The fourth-order valence-corrected chi connectivity index (χ4v) is 4.05. The van der Waals surface area contributed by atoms with Gasteiger partial charge < -0.3 is 14.1 Å². The first kappa shape index (κ1) is 19.2. The highest BCUT2D eigenvalue weighted by molar-refractivity contribution is 5.78. The van der Waals surface area contributed by atoms with Gasteiger partial charge in [0.25, 0.3) is 0 Å². The molecule has 0 radical (unpaired) electrons. The van der Waals surface area contributed by atoms with E-state index in [1.165, 1.54) is 11.1 Å². The number of benzene rings is 2. The predicted molar refractivity (Wildman–Crippen MR) is 109 cm³/mol. The first-order valence-corrected chi connectivity index (χ1v) is 9.88. The maximum absolute atomic E-state index is 13.3. The largest absolute Gasteiger partial charge is 0.497 e. The van der Waals surface area contributed by atoms with E-state index in [9.17, 15) is 4.79 Å². The first-order chi connectivity index (χ1) is 14.1. The van der Waals surface area contributed by atoms with Gasteiger partial charge in [0.2, 0.25) is 17.7 Å². The van der Waals surface area contributed by atoms with E-state index in [2.05, 4.69) is 29.3 Å². The molecule has 0 saturated heterocycles. The fraction of sp³-hybridized carbons (Fsp3) is 0.348. The number of hydrogen-bond donors (Lipinski definition) is 0. The maximum Gasteiger partial charge on any atom is 0.224 e. The highest BCUT2D eigenvalue weighted by Crippen LogP contribution is 2.34. The molecule has 0 spiro atoms. The van der Waals surface area contributed by atoms with Crippen LogP contribution in [-0.4, -0.2) is 34.7 Å². The highest BCUT2D eigenvalue weighted by Gasteiger charge is 2.31. The van der Waals surface area contributed by atoms with Crippen molar-refractivity contribution in [2.45, 2.75) is 38.6 Å². The number of carbonyl (C=O) groups is 1. The van der Waals surface area contributed by atoms with E-state index in [-0.39, 0.29) is 17.9 Å². The Morgan fingerprint density at radius 3 is 2.72 bits per heavy atom. The zero-order valence-corrected chi connectivity index (χ0v) is 17.0. The van der Waals surface area contributed by atoms with Crippen molar-refractivity contribution in [2.75, 3.05) is 13.7 Å². The zero-order chi connectivity index (χ0) is 20.4. The summed E-state index contributed by atoms with van der Waals surface area (Å²) in [6.45, 7) is 4.53. The van der Waals surface area contributed by atoms with E-state index < -0.39 is 0 Å². The van der Waals surface area contributed by atoms with Crippen LogP contribution in [0, 0.1) is 6.92 Å². The standard InChI is InChI=1S/C23H25N3O3/c1-15-20-10-9-19(28-3)13-18(20)11-12-26(15)22(27)14-21(17-7-5-4-6-8-17)23-25-24-16(2)29-23/h4-10,13,15,21H,11-12,14H2,1-3H3. The number of aryl methyl sites for hydroxylation is 1. The number of nitrogens with zero attached hydrogens (tertiary/aromatic N) is 3. The number of methoxy groups -OCH3 is 1. The summed E-state index contributed by atoms with van der Waals surface area (Å²) in [5, 5.41) is 8.15. The third kappa shape index (κ3) is 3.88. The fourth-order valence-electron chi connectivity index (χ4n) is 4.05. The molecular weight excluding hydrogens is 366 g/mol. The summed E-state index contributed by atoms with van der Waals surface area (Å²) in [6, 6.07) is 16.0. The molecular formula is C23H25N3O3. The van der Waals surface area contributed by atoms with Gasteiger partial charge in [-0.2, -0.15) is 0 Å². The minimum absolute atomic E-state index is 0.0120. The van der Waals surface area contributed by atoms with Crippen molar-refractivity contribution in [3.8, 4) is 5.75 Å². The third-order valence-corrected chi connectivity index (χ3v) is 5.63. The molecule has 29 heavy (non-hydrogen) atoms. The topological polar surface area (TPSA) is 68.5 Å². The normalized spacial score (nSPS) is 16.9. The molecule has 2 unspecified atom stereocenters. The predicted octanol–water partition coefficient (Wildman–Crippen LogP) is 4.05. The number of fused-ring (bicyclic) bond motifs is 1. The van der Waals surface area contributed by atoms with Crippen molar-refractivity contribution < 1.29 is 13.9 Å². The average Bonchev–Trinajstić information content (AvgIpc) is 3.18. The lowest BCUT2D eigenvalue weighted by atomic mass is 9.91. The van der Waals surface area contributed by atoms with Gasteiger partial charge in [0.1, 0.15) is 5.75 Å². The minimum atomic E-state index is -0.255. The van der Waals surface area contributed by atoms with Crippen molar-refractivity contribution in [3.63, 3.8) is 0 Å². The van der Waals surface area contributed by atoms with E-state index in [4.69, 9.17) is 9.15 Å². The number of aromatic nitrogens is 2. The Morgan fingerprint density at radius 2 is 2.03 bits per heavy atom. The summed E-state index contributed by atoms with van der Waals surface area (Å²) >= 11 is 0. The van der Waals surface area contributed by atoms with Crippen LogP contribution in [0.1, 0.15) is 53.8 Å². The lowest BCUT2D eigenvalue weighted by Crippen LogP contribution is -2.39. The quantitative estimate of drug-likeness (QED) is 0.656. The van der Waals surface area contributed by atoms with E-state index in [1.807, 2.05) is 41.3 Å². The minimum Gasteiger partial charge on any atom is -0.497 e. The number of ether oxygens (including phenoxy) is 1. The van der Waals surface area contributed by atoms with Crippen LogP contribution in [0.4, 0.5) is 0 Å². The molecule has 2 heterocycles. The van der Waals surface area contributed by atoms with Gasteiger partial charge in [-0.1, -0.05) is 36.4 Å². The number of carbonyl (C=O) groups excluding carboxylic acids is 1. The van der Waals surface area contributed by atoms with Gasteiger partial charge in [0.05, 0.1) is 19.1 Å². The molecule has 0 fully saturated rings. The van der Waals surface area contributed by atoms with Crippen LogP contribution in [0.25, 0.3) is 0 Å². The molecule has 1 aliphatic rings. The van der Waals surface area contributed by atoms with Gasteiger partial charge in [0, 0.05) is 19.9 Å². The van der Waals surface area contributed by atoms with Crippen LogP contribution in [0.15, 0.2) is 52.9 Å². The van der Waals surface area contributed by atoms with Crippen molar-refractivity contribution in [2.24, 2.45) is 0 Å². The molecule has 6 nitrogen and oxygen atoms in total. The number of rotatable bonds is 5. The van der Waals surface area contributed by atoms with Crippen LogP contribution in [0.3, 0.4) is 0 Å². The van der Waals surface area contributed by atoms with Gasteiger partial charge >= 0.3 is 0 Å². The molecule has 0 bridgehead atoms. The molecule has 2 aromatic carbocycles. The molecule has 0 N–H and O–H groups in total. The Morgan fingerprint density at radius 1 is 1.24 bits per heavy atom. The Labute approximate surface area is 170 Å². The number of hydrogen-bond acceptors (Lipinski definition) is 5. The summed E-state index contributed by atoms with van der Waals surface area (Å²) in [7, 11) is 1.67. The smallest absolute Gasteiger partial charge is 0.224 e. The van der Waals surface area contributed by atoms with E-state index in [1.54, 1.807) is 14.0 Å². The second kappa shape index (κ2) is 8.07. The summed E-state index contributed by atoms with van der Waals surface area (Å²) in [5.74, 6) is 1.67. The Hall–Kier alpha value is -3.15. The van der Waals surface area contributed by atoms with Crippen LogP contribution in [0.2, 0.25) is 0 Å². The lowest BCUT2D eigenvalue weighted by Gasteiger charge is -2.36. The van der Waals surface area contributed by atoms with Gasteiger partial charge in [-0.3, -0.25) is 4.79 Å². The average molecular weight is 391 g/mol. The maximum atomic E-state index is 13.3. The molecule has 1 aliphatic heterocycles. The van der Waals surface area contributed by atoms with Gasteiger partial charge in [-0.25, -0.2) is 0 Å². The van der Waals surface area contributed by atoms with Gasteiger partial charge in [-0.05, 0) is 42.2 Å². The van der Waals surface area contributed by atoms with Crippen LogP contribution in [0.5, 0.6) is 5.75 Å². The van der Waals surface area contributed by atoms with Crippen molar-refractivity contribution in [3.05, 3.63) is 77.0 Å². The molecule has 150 valence electrons. The van der Waals surface area contributed by atoms with Gasteiger partial charge in [0.15, 0.2) is 0 Å². The number of amides is 1.